The van der Waals surface area contributed by atoms with Crippen molar-refractivity contribution in [2.75, 3.05) is 10.2 Å². The van der Waals surface area contributed by atoms with Gasteiger partial charge in [0.05, 0.1) is 21.4 Å². The Hall–Kier alpha value is -2.28. The van der Waals surface area contributed by atoms with Crippen molar-refractivity contribution in [1.82, 2.24) is 5.32 Å². The van der Waals surface area contributed by atoms with Crippen LogP contribution in [0.25, 0.3) is 0 Å². The number of rotatable bonds is 4. The van der Waals surface area contributed by atoms with E-state index in [9.17, 15) is 14.7 Å². The van der Waals surface area contributed by atoms with Crippen LogP contribution in [0.3, 0.4) is 0 Å². The number of anilines is 2. The van der Waals surface area contributed by atoms with Crippen molar-refractivity contribution in [2.24, 2.45) is 0 Å². The average molecular weight is 408 g/mol. The maximum absolute atomic E-state index is 13.1. The summed E-state index contributed by atoms with van der Waals surface area (Å²) in [4.78, 5) is 26.9. The second-order valence-electron chi connectivity index (χ2n) is 6.36. The number of amides is 3. The maximum Gasteiger partial charge on any atom is 0.329 e. The van der Waals surface area contributed by atoms with Crippen LogP contribution in [-0.4, -0.2) is 23.1 Å². The van der Waals surface area contributed by atoms with Gasteiger partial charge in [0.2, 0.25) is 0 Å². The van der Waals surface area contributed by atoms with Crippen LogP contribution in [-0.2, 0) is 10.5 Å². The summed E-state index contributed by atoms with van der Waals surface area (Å²) in [5.74, 6) is -0.703. The molecule has 8 heteroatoms. The molecular formula is C19H19Cl2N3O3. The number of carbonyl (C=O) groups is 2. The Balaban J connectivity index is 2.18. The van der Waals surface area contributed by atoms with Gasteiger partial charge in [0.1, 0.15) is 0 Å². The van der Waals surface area contributed by atoms with Gasteiger partial charge in [-0.1, -0.05) is 48.3 Å². The fourth-order valence-corrected chi connectivity index (χ4v) is 3.21. The molecule has 2 atom stereocenters. The molecule has 2 aromatic rings. The van der Waals surface area contributed by atoms with E-state index in [4.69, 9.17) is 23.2 Å². The van der Waals surface area contributed by atoms with E-state index in [1.54, 1.807) is 24.3 Å². The first-order chi connectivity index (χ1) is 12.8. The minimum absolute atomic E-state index is 0.186. The molecule has 1 heterocycles. The monoisotopic (exact) mass is 407 g/mol. The van der Waals surface area contributed by atoms with Gasteiger partial charge in [-0.3, -0.25) is 9.69 Å². The molecule has 3 amide bonds. The van der Waals surface area contributed by atoms with Crippen molar-refractivity contribution in [2.45, 2.75) is 32.0 Å². The molecule has 0 radical (unpaired) electrons. The second-order valence-corrected chi connectivity index (χ2v) is 7.18. The third kappa shape index (κ3) is 3.36. The van der Waals surface area contributed by atoms with E-state index in [0.29, 0.717) is 17.1 Å². The first-order valence-electron chi connectivity index (χ1n) is 8.48. The Morgan fingerprint density at radius 3 is 2.63 bits per heavy atom. The zero-order chi connectivity index (χ0) is 19.8. The fraction of sp³-hybridized carbons (Fsp3) is 0.263. The summed E-state index contributed by atoms with van der Waals surface area (Å²) in [6, 6.07) is 10.2. The molecule has 3 N–H and O–H groups in total. The van der Waals surface area contributed by atoms with E-state index in [2.05, 4.69) is 10.6 Å². The number of halogens is 2. The number of hydrogen-bond donors (Lipinski definition) is 3. The molecule has 2 aromatic carbocycles. The van der Waals surface area contributed by atoms with Crippen LogP contribution in [0.15, 0.2) is 42.5 Å². The van der Waals surface area contributed by atoms with Gasteiger partial charge in [0.25, 0.3) is 11.6 Å². The minimum Gasteiger partial charge on any atom is -0.359 e. The molecule has 0 aromatic heterocycles. The van der Waals surface area contributed by atoms with Crippen molar-refractivity contribution in [1.29, 1.82) is 0 Å². The SMILES string of the molecule is CCC(C)NC(=O)C1(O)c2ccccc2NC(=O)N1c1ccc(Cl)c(Cl)c1. The number of para-hydroxylation sites is 1. The Bertz CT molecular complexity index is 906. The predicted octanol–water partition coefficient (Wildman–Crippen LogP) is 4.11. The minimum atomic E-state index is -2.25. The topological polar surface area (TPSA) is 81.7 Å². The summed E-state index contributed by atoms with van der Waals surface area (Å²) in [5, 5.41) is 17.5. The van der Waals surface area contributed by atoms with Crippen LogP contribution < -0.4 is 15.5 Å². The van der Waals surface area contributed by atoms with Crippen LogP contribution in [0.5, 0.6) is 0 Å². The molecular weight excluding hydrogens is 389 g/mol. The zero-order valence-electron chi connectivity index (χ0n) is 14.8. The van der Waals surface area contributed by atoms with Gasteiger partial charge >= 0.3 is 6.03 Å². The van der Waals surface area contributed by atoms with Gasteiger partial charge in [-0.15, -0.1) is 0 Å². The number of urea groups is 1. The number of nitrogens with zero attached hydrogens (tertiary/aromatic N) is 1. The smallest absolute Gasteiger partial charge is 0.329 e. The molecule has 0 spiro atoms. The van der Waals surface area contributed by atoms with E-state index >= 15 is 0 Å². The Kier molecular flexibility index (Phi) is 5.33. The standard InChI is InChI=1S/C19H19Cl2N3O3/c1-3-11(2)22-17(25)19(27)13-6-4-5-7-16(13)23-18(26)24(19)12-8-9-14(20)15(21)10-12/h4-11,27H,3H2,1-2H3,(H,22,25)(H,23,26). The van der Waals surface area contributed by atoms with Crippen LogP contribution in [0.1, 0.15) is 25.8 Å². The molecule has 3 rings (SSSR count). The van der Waals surface area contributed by atoms with Gasteiger partial charge in [0, 0.05) is 11.6 Å². The summed E-state index contributed by atoms with van der Waals surface area (Å²) < 4.78 is 0. The first kappa shape index (κ1) is 19.5. The molecule has 2 unspecified atom stereocenters. The van der Waals surface area contributed by atoms with E-state index < -0.39 is 17.7 Å². The van der Waals surface area contributed by atoms with E-state index in [-0.39, 0.29) is 22.3 Å². The quantitative estimate of drug-likeness (QED) is 0.713. The predicted molar refractivity (Wildman–Crippen MR) is 106 cm³/mol. The zero-order valence-corrected chi connectivity index (χ0v) is 16.3. The van der Waals surface area contributed by atoms with Crippen LogP contribution in [0, 0.1) is 0 Å². The average Bonchev–Trinajstić information content (AvgIpc) is 2.64. The molecule has 0 saturated carbocycles. The van der Waals surface area contributed by atoms with Crippen molar-refractivity contribution in [3.8, 4) is 0 Å². The van der Waals surface area contributed by atoms with Crippen molar-refractivity contribution >= 4 is 46.5 Å². The largest absolute Gasteiger partial charge is 0.359 e. The van der Waals surface area contributed by atoms with E-state index in [1.165, 1.54) is 18.2 Å². The fourth-order valence-electron chi connectivity index (χ4n) is 2.91. The summed E-state index contributed by atoms with van der Waals surface area (Å²) in [7, 11) is 0. The summed E-state index contributed by atoms with van der Waals surface area (Å²) >= 11 is 12.1. The second kappa shape index (κ2) is 7.38. The van der Waals surface area contributed by atoms with Gasteiger partial charge < -0.3 is 15.7 Å². The molecule has 0 saturated heterocycles. The molecule has 27 heavy (non-hydrogen) atoms. The normalized spacial score (nSPS) is 19.9. The lowest BCUT2D eigenvalue weighted by atomic mass is 9.94. The molecule has 142 valence electrons. The van der Waals surface area contributed by atoms with E-state index in [1.807, 2.05) is 13.8 Å². The summed E-state index contributed by atoms with van der Waals surface area (Å²) in [6.07, 6.45) is 0.669. The number of benzene rings is 2. The third-order valence-electron chi connectivity index (χ3n) is 4.54. The lowest BCUT2D eigenvalue weighted by Gasteiger charge is -2.43. The number of aliphatic hydroxyl groups is 1. The highest BCUT2D eigenvalue weighted by Crippen LogP contribution is 2.41. The number of carbonyl (C=O) groups excluding carboxylic acids is 2. The van der Waals surface area contributed by atoms with Crippen LogP contribution in [0.2, 0.25) is 10.0 Å². The van der Waals surface area contributed by atoms with Crippen molar-refractivity contribution in [3.63, 3.8) is 0 Å². The van der Waals surface area contributed by atoms with Gasteiger partial charge in [0.15, 0.2) is 0 Å². The summed E-state index contributed by atoms with van der Waals surface area (Å²) in [6.45, 7) is 3.73. The van der Waals surface area contributed by atoms with Crippen molar-refractivity contribution < 1.29 is 14.7 Å². The molecule has 0 fully saturated rings. The van der Waals surface area contributed by atoms with Gasteiger partial charge in [-0.05, 0) is 37.6 Å². The van der Waals surface area contributed by atoms with Crippen LogP contribution in [0.4, 0.5) is 16.2 Å². The number of fused-ring (bicyclic) bond motifs is 1. The maximum atomic E-state index is 13.1. The first-order valence-corrected chi connectivity index (χ1v) is 9.23. The molecule has 0 bridgehead atoms. The molecule has 6 nitrogen and oxygen atoms in total. The highest BCUT2D eigenvalue weighted by molar-refractivity contribution is 6.42. The highest BCUT2D eigenvalue weighted by atomic mass is 35.5. The molecule has 1 aliphatic heterocycles. The number of hydrogen-bond acceptors (Lipinski definition) is 3. The summed E-state index contributed by atoms with van der Waals surface area (Å²) in [5.41, 5.74) is -1.39. The lowest BCUT2D eigenvalue weighted by Crippen LogP contribution is -2.63. The Labute approximate surface area is 167 Å². The molecule has 1 aliphatic rings. The Morgan fingerprint density at radius 1 is 1.26 bits per heavy atom. The van der Waals surface area contributed by atoms with Crippen LogP contribution >= 0.6 is 23.2 Å². The highest BCUT2D eigenvalue weighted by Gasteiger charge is 2.52. The van der Waals surface area contributed by atoms with Gasteiger partial charge in [-0.2, -0.15) is 0 Å². The Morgan fingerprint density at radius 2 is 1.96 bits per heavy atom. The molecule has 0 aliphatic carbocycles. The third-order valence-corrected chi connectivity index (χ3v) is 5.28. The van der Waals surface area contributed by atoms with Gasteiger partial charge in [-0.25, -0.2) is 4.79 Å². The van der Waals surface area contributed by atoms with E-state index in [0.717, 1.165) is 4.90 Å². The lowest BCUT2D eigenvalue weighted by molar-refractivity contribution is -0.140. The number of nitrogens with one attached hydrogen (secondary N) is 2. The van der Waals surface area contributed by atoms with Crippen molar-refractivity contribution in [3.05, 3.63) is 58.1 Å².